The second kappa shape index (κ2) is 7.60. The first-order chi connectivity index (χ1) is 10.5. The zero-order chi connectivity index (χ0) is 16.1. The van der Waals surface area contributed by atoms with E-state index in [1.54, 1.807) is 16.2 Å². The maximum Gasteiger partial charge on any atom is 0.314 e. The van der Waals surface area contributed by atoms with Crippen molar-refractivity contribution < 1.29 is 9.59 Å². The molecule has 1 saturated heterocycles. The molecule has 0 radical (unpaired) electrons. The van der Waals surface area contributed by atoms with E-state index in [0.717, 1.165) is 0 Å². The van der Waals surface area contributed by atoms with Crippen molar-refractivity contribution in [1.82, 2.24) is 15.1 Å². The number of thiophene rings is 1. The molecule has 2 heterocycles. The second-order valence-electron chi connectivity index (χ2n) is 5.88. The predicted octanol–water partition coefficient (Wildman–Crippen LogP) is 1.26. The summed E-state index contributed by atoms with van der Waals surface area (Å²) in [6.07, 6.45) is 1.36. The average molecular weight is 324 g/mol. The molecule has 7 heteroatoms. The molecule has 0 aromatic carbocycles. The molecule has 1 aromatic heterocycles. The van der Waals surface area contributed by atoms with Gasteiger partial charge in [-0.1, -0.05) is 0 Å². The van der Waals surface area contributed by atoms with Crippen LogP contribution in [0.2, 0.25) is 0 Å². The minimum Gasteiger partial charge on any atom is -0.354 e. The van der Waals surface area contributed by atoms with E-state index in [-0.39, 0.29) is 17.9 Å². The lowest BCUT2D eigenvalue weighted by atomic mass is 9.96. The zero-order valence-corrected chi connectivity index (χ0v) is 13.9. The van der Waals surface area contributed by atoms with Crippen LogP contribution in [0.15, 0.2) is 16.8 Å². The average Bonchev–Trinajstić information content (AvgIpc) is 3.01. The maximum absolute atomic E-state index is 12.3. The van der Waals surface area contributed by atoms with Crippen molar-refractivity contribution in [3.05, 3.63) is 22.4 Å². The molecule has 0 spiro atoms. The number of nitrogens with one attached hydrogen (secondary N) is 1. The minimum atomic E-state index is -0.399. The van der Waals surface area contributed by atoms with E-state index in [4.69, 9.17) is 5.73 Å². The van der Waals surface area contributed by atoms with E-state index >= 15 is 0 Å². The third-order valence-electron chi connectivity index (χ3n) is 4.20. The fourth-order valence-electron chi connectivity index (χ4n) is 2.77. The Hall–Kier alpha value is -1.60. The molecule has 3 N–H and O–H groups in total. The van der Waals surface area contributed by atoms with E-state index in [9.17, 15) is 9.59 Å². The number of likely N-dealkylation sites (N-methyl/N-ethyl adjacent to an activating group) is 1. The first-order valence-corrected chi connectivity index (χ1v) is 8.44. The molecule has 0 saturated carbocycles. The number of carbonyl (C=O) groups is 2. The first-order valence-electron chi connectivity index (χ1n) is 7.49. The van der Waals surface area contributed by atoms with E-state index in [1.807, 2.05) is 19.5 Å². The van der Waals surface area contributed by atoms with Crippen LogP contribution < -0.4 is 11.1 Å². The highest BCUT2D eigenvalue weighted by Gasteiger charge is 2.27. The van der Waals surface area contributed by atoms with Gasteiger partial charge in [0.15, 0.2) is 0 Å². The van der Waals surface area contributed by atoms with Crippen LogP contribution in [-0.4, -0.2) is 55.5 Å². The molecule has 3 amide bonds. The van der Waals surface area contributed by atoms with Gasteiger partial charge in [0, 0.05) is 25.6 Å². The lowest BCUT2D eigenvalue weighted by Gasteiger charge is -2.31. The third kappa shape index (κ3) is 4.20. The SMILES string of the molecule is CN(C)[C@H](CNC(=O)C1CCN(C(N)=O)CC1)c1ccsc1. The number of nitrogens with two attached hydrogens (primary N) is 1. The molecule has 1 aliphatic heterocycles. The Bertz CT molecular complexity index is 496. The molecule has 0 bridgehead atoms. The summed E-state index contributed by atoms with van der Waals surface area (Å²) in [5, 5.41) is 7.22. The van der Waals surface area contributed by atoms with E-state index in [1.165, 1.54) is 5.56 Å². The molecule has 2 rings (SSSR count). The van der Waals surface area contributed by atoms with Crippen LogP contribution in [0.1, 0.15) is 24.4 Å². The summed E-state index contributed by atoms with van der Waals surface area (Å²) < 4.78 is 0. The van der Waals surface area contributed by atoms with Gasteiger partial charge >= 0.3 is 6.03 Å². The molecular formula is C15H24N4O2S. The van der Waals surface area contributed by atoms with Crippen LogP contribution in [0.25, 0.3) is 0 Å². The number of hydrogen-bond acceptors (Lipinski definition) is 4. The summed E-state index contributed by atoms with van der Waals surface area (Å²) in [7, 11) is 4.03. The topological polar surface area (TPSA) is 78.7 Å². The highest BCUT2D eigenvalue weighted by atomic mass is 32.1. The van der Waals surface area contributed by atoms with Crippen molar-refractivity contribution in [2.75, 3.05) is 33.7 Å². The fraction of sp³-hybridized carbons (Fsp3) is 0.600. The lowest BCUT2D eigenvalue weighted by molar-refractivity contribution is -0.126. The molecule has 1 aliphatic rings. The van der Waals surface area contributed by atoms with Crippen LogP contribution in [0.3, 0.4) is 0 Å². The van der Waals surface area contributed by atoms with Gasteiger partial charge in [-0.05, 0) is 49.3 Å². The highest BCUT2D eigenvalue weighted by Crippen LogP contribution is 2.21. The van der Waals surface area contributed by atoms with E-state index < -0.39 is 6.03 Å². The summed E-state index contributed by atoms with van der Waals surface area (Å²) in [5.41, 5.74) is 6.48. The van der Waals surface area contributed by atoms with Gasteiger partial charge in [-0.15, -0.1) is 0 Å². The molecule has 0 aliphatic carbocycles. The molecule has 122 valence electrons. The number of piperidine rings is 1. The smallest absolute Gasteiger partial charge is 0.314 e. The first kappa shape index (κ1) is 16.8. The van der Waals surface area contributed by atoms with Gasteiger partial charge in [0.2, 0.25) is 5.91 Å². The van der Waals surface area contributed by atoms with Crippen molar-refractivity contribution in [2.24, 2.45) is 11.7 Å². The standard InChI is InChI=1S/C15H24N4O2S/c1-18(2)13(12-5-8-22-10-12)9-17-14(20)11-3-6-19(7-4-11)15(16)21/h5,8,10-11,13H,3-4,6-7,9H2,1-2H3,(H2,16,21)(H,17,20)/t13-/m1/s1. The van der Waals surface area contributed by atoms with Crippen molar-refractivity contribution >= 4 is 23.3 Å². The van der Waals surface area contributed by atoms with Crippen molar-refractivity contribution in [3.8, 4) is 0 Å². The van der Waals surface area contributed by atoms with Gasteiger partial charge in [0.25, 0.3) is 0 Å². The molecular weight excluding hydrogens is 300 g/mol. The van der Waals surface area contributed by atoms with Crippen LogP contribution in [0.5, 0.6) is 0 Å². The minimum absolute atomic E-state index is 0.0270. The second-order valence-corrected chi connectivity index (χ2v) is 6.66. The van der Waals surface area contributed by atoms with E-state index in [0.29, 0.717) is 32.5 Å². The molecule has 6 nitrogen and oxygen atoms in total. The van der Waals surface area contributed by atoms with Gasteiger partial charge in [-0.2, -0.15) is 11.3 Å². The van der Waals surface area contributed by atoms with Crippen molar-refractivity contribution in [1.29, 1.82) is 0 Å². The van der Waals surface area contributed by atoms with Crippen LogP contribution in [0.4, 0.5) is 4.79 Å². The number of urea groups is 1. The van der Waals surface area contributed by atoms with Crippen LogP contribution in [0, 0.1) is 5.92 Å². The number of carbonyl (C=O) groups excluding carboxylic acids is 2. The Morgan fingerprint density at radius 2 is 2.14 bits per heavy atom. The third-order valence-corrected chi connectivity index (χ3v) is 4.90. The van der Waals surface area contributed by atoms with E-state index in [2.05, 4.69) is 21.7 Å². The molecule has 1 atom stereocenters. The molecule has 22 heavy (non-hydrogen) atoms. The number of likely N-dealkylation sites (tertiary alicyclic amines) is 1. The predicted molar refractivity (Wildman–Crippen MR) is 87.6 cm³/mol. The normalized spacial score (nSPS) is 17.5. The summed E-state index contributed by atoms with van der Waals surface area (Å²) >= 11 is 1.66. The number of rotatable bonds is 5. The van der Waals surface area contributed by atoms with Crippen LogP contribution >= 0.6 is 11.3 Å². The van der Waals surface area contributed by atoms with Crippen molar-refractivity contribution in [2.45, 2.75) is 18.9 Å². The van der Waals surface area contributed by atoms with Gasteiger partial charge in [-0.25, -0.2) is 4.79 Å². The van der Waals surface area contributed by atoms with Crippen molar-refractivity contribution in [3.63, 3.8) is 0 Å². The highest BCUT2D eigenvalue weighted by molar-refractivity contribution is 7.07. The molecule has 1 fully saturated rings. The Morgan fingerprint density at radius 3 is 2.64 bits per heavy atom. The zero-order valence-electron chi connectivity index (χ0n) is 13.1. The Balaban J connectivity index is 1.83. The molecule has 1 aromatic rings. The number of amides is 3. The van der Waals surface area contributed by atoms with Crippen LogP contribution in [-0.2, 0) is 4.79 Å². The summed E-state index contributed by atoms with van der Waals surface area (Å²) in [4.78, 5) is 27.1. The Morgan fingerprint density at radius 1 is 1.45 bits per heavy atom. The number of primary amides is 1. The van der Waals surface area contributed by atoms with Gasteiger partial charge in [0.1, 0.15) is 0 Å². The monoisotopic (exact) mass is 324 g/mol. The van der Waals surface area contributed by atoms with Gasteiger partial charge in [-0.3, -0.25) is 4.79 Å². The lowest BCUT2D eigenvalue weighted by Crippen LogP contribution is -2.46. The maximum atomic E-state index is 12.3. The van der Waals surface area contributed by atoms with Gasteiger partial charge < -0.3 is 20.9 Å². The summed E-state index contributed by atoms with van der Waals surface area (Å²) in [6, 6.07) is 1.87. The Labute approximate surface area is 135 Å². The molecule has 0 unspecified atom stereocenters. The quantitative estimate of drug-likeness (QED) is 0.856. The fourth-order valence-corrected chi connectivity index (χ4v) is 3.47. The van der Waals surface area contributed by atoms with Gasteiger partial charge in [0.05, 0.1) is 6.04 Å². The summed E-state index contributed by atoms with van der Waals surface area (Å²) in [5.74, 6) is 0.0482. The number of hydrogen-bond donors (Lipinski definition) is 2. The largest absolute Gasteiger partial charge is 0.354 e. The number of nitrogens with zero attached hydrogens (tertiary/aromatic N) is 2. The summed E-state index contributed by atoms with van der Waals surface area (Å²) in [6.45, 7) is 1.72. The Kier molecular flexibility index (Phi) is 5.79.